The lowest BCUT2D eigenvalue weighted by atomic mass is 10.2. The number of sulfone groups is 1. The van der Waals surface area contributed by atoms with Crippen molar-refractivity contribution in [2.75, 3.05) is 16.4 Å². The highest BCUT2D eigenvalue weighted by atomic mass is 32.2. The zero-order valence-corrected chi connectivity index (χ0v) is 16.0. The minimum atomic E-state index is -3.77. The van der Waals surface area contributed by atoms with Crippen LogP contribution in [0.25, 0.3) is 0 Å². The molecule has 0 spiro atoms. The van der Waals surface area contributed by atoms with Gasteiger partial charge in [-0.25, -0.2) is 12.8 Å². The van der Waals surface area contributed by atoms with Crippen LogP contribution in [-0.2, 0) is 19.4 Å². The molecule has 0 saturated carbocycles. The molecule has 2 aromatic carbocycles. The third-order valence-corrected chi connectivity index (χ3v) is 7.25. The molecule has 9 heteroatoms. The molecule has 0 aromatic heterocycles. The third kappa shape index (κ3) is 4.48. The molecule has 0 saturated heterocycles. The fourth-order valence-electron chi connectivity index (χ4n) is 2.59. The van der Waals surface area contributed by atoms with E-state index in [9.17, 15) is 22.4 Å². The first kappa shape index (κ1) is 19.4. The van der Waals surface area contributed by atoms with E-state index in [1.165, 1.54) is 55.1 Å². The lowest BCUT2D eigenvalue weighted by Crippen LogP contribution is -2.25. The Hall–Kier alpha value is -2.39. The summed E-state index contributed by atoms with van der Waals surface area (Å²) >= 11 is 1.34. The first-order chi connectivity index (χ1) is 12.8. The molecule has 2 aromatic rings. The summed E-state index contributed by atoms with van der Waals surface area (Å²) in [5.74, 6) is -0.811. The number of anilines is 2. The maximum absolute atomic E-state index is 12.9. The summed E-state index contributed by atoms with van der Waals surface area (Å²) in [6.45, 7) is 1.45. The van der Waals surface area contributed by atoms with Crippen molar-refractivity contribution in [3.8, 4) is 0 Å². The molecule has 1 atom stereocenters. The van der Waals surface area contributed by atoms with E-state index in [2.05, 4.69) is 10.6 Å². The SMILES string of the molecule is C[C@H](CC(=O)Nc1ccc(F)cc1)S(=O)(=O)c1ccc2c(c1)NC(=O)CS2. The number of benzene rings is 2. The first-order valence-electron chi connectivity index (χ1n) is 8.12. The molecule has 0 unspecified atom stereocenters. The Morgan fingerprint density at radius 1 is 1.26 bits per heavy atom. The number of carbonyl (C=O) groups excluding carboxylic acids is 2. The van der Waals surface area contributed by atoms with Crippen LogP contribution in [0.2, 0.25) is 0 Å². The standard InChI is InChI=1S/C18H17FN2O4S2/c1-11(8-17(22)20-13-4-2-12(19)3-5-13)27(24,25)14-6-7-16-15(9-14)21-18(23)10-26-16/h2-7,9,11H,8,10H2,1H3,(H,20,22)(H,21,23)/t11-/m1/s1. The second kappa shape index (κ2) is 7.69. The van der Waals surface area contributed by atoms with Crippen LogP contribution in [0.3, 0.4) is 0 Å². The van der Waals surface area contributed by atoms with Gasteiger partial charge in [-0.2, -0.15) is 0 Å². The van der Waals surface area contributed by atoms with E-state index in [-0.39, 0.29) is 17.2 Å². The van der Waals surface area contributed by atoms with Crippen LogP contribution in [-0.4, -0.2) is 31.2 Å². The normalized spacial score (nSPS) is 14.8. The van der Waals surface area contributed by atoms with Crippen molar-refractivity contribution in [2.24, 2.45) is 0 Å². The number of halogens is 1. The minimum absolute atomic E-state index is 0.0473. The van der Waals surface area contributed by atoms with E-state index in [0.717, 1.165) is 4.90 Å². The lowest BCUT2D eigenvalue weighted by Gasteiger charge is -2.18. The number of hydrogen-bond donors (Lipinski definition) is 2. The Morgan fingerprint density at radius 2 is 1.96 bits per heavy atom. The molecule has 0 bridgehead atoms. The van der Waals surface area contributed by atoms with Crippen LogP contribution < -0.4 is 10.6 Å². The Kier molecular flexibility index (Phi) is 5.52. The van der Waals surface area contributed by atoms with Gasteiger partial charge in [0.05, 0.1) is 21.6 Å². The van der Waals surface area contributed by atoms with Gasteiger partial charge in [0.15, 0.2) is 9.84 Å². The maximum Gasteiger partial charge on any atom is 0.234 e. The summed E-state index contributed by atoms with van der Waals surface area (Å²) in [7, 11) is -3.77. The molecule has 2 N–H and O–H groups in total. The monoisotopic (exact) mass is 408 g/mol. The van der Waals surface area contributed by atoms with Gasteiger partial charge in [-0.1, -0.05) is 0 Å². The van der Waals surface area contributed by atoms with Gasteiger partial charge in [0.1, 0.15) is 5.82 Å². The second-order valence-electron chi connectivity index (χ2n) is 6.11. The van der Waals surface area contributed by atoms with Crippen molar-refractivity contribution in [1.82, 2.24) is 0 Å². The van der Waals surface area contributed by atoms with E-state index in [1.54, 1.807) is 6.07 Å². The highest BCUT2D eigenvalue weighted by Crippen LogP contribution is 2.34. The molecule has 1 aliphatic heterocycles. The predicted octanol–water partition coefficient (Wildman–Crippen LogP) is 3.06. The van der Waals surface area contributed by atoms with Crippen LogP contribution in [0.1, 0.15) is 13.3 Å². The Morgan fingerprint density at radius 3 is 2.67 bits per heavy atom. The van der Waals surface area contributed by atoms with E-state index in [0.29, 0.717) is 17.1 Å². The molecule has 3 rings (SSSR count). The molecule has 0 fully saturated rings. The molecule has 1 heterocycles. The van der Waals surface area contributed by atoms with Gasteiger partial charge in [0.25, 0.3) is 0 Å². The summed E-state index contributed by atoms with van der Waals surface area (Å²) in [5.41, 5.74) is 0.847. The summed E-state index contributed by atoms with van der Waals surface area (Å²) < 4.78 is 38.5. The topological polar surface area (TPSA) is 92.3 Å². The number of rotatable bonds is 5. The second-order valence-corrected chi connectivity index (χ2v) is 9.49. The van der Waals surface area contributed by atoms with E-state index < -0.39 is 26.8 Å². The highest BCUT2D eigenvalue weighted by Gasteiger charge is 2.27. The van der Waals surface area contributed by atoms with Gasteiger partial charge in [0.2, 0.25) is 11.8 Å². The lowest BCUT2D eigenvalue weighted by molar-refractivity contribution is -0.116. The van der Waals surface area contributed by atoms with E-state index in [4.69, 9.17) is 0 Å². The zero-order chi connectivity index (χ0) is 19.6. The van der Waals surface area contributed by atoms with E-state index >= 15 is 0 Å². The molecule has 27 heavy (non-hydrogen) atoms. The van der Waals surface area contributed by atoms with Crippen LogP contribution in [0.4, 0.5) is 15.8 Å². The minimum Gasteiger partial charge on any atom is -0.326 e. The molecule has 0 radical (unpaired) electrons. The van der Waals surface area contributed by atoms with Crippen molar-refractivity contribution < 1.29 is 22.4 Å². The Bertz CT molecular complexity index is 991. The molecule has 1 aliphatic rings. The van der Waals surface area contributed by atoms with Gasteiger partial charge < -0.3 is 10.6 Å². The van der Waals surface area contributed by atoms with Crippen molar-refractivity contribution in [2.45, 2.75) is 28.4 Å². The van der Waals surface area contributed by atoms with Crippen molar-refractivity contribution in [3.05, 3.63) is 48.3 Å². The maximum atomic E-state index is 12.9. The predicted molar refractivity (Wildman–Crippen MR) is 102 cm³/mol. The zero-order valence-electron chi connectivity index (χ0n) is 14.4. The average molecular weight is 408 g/mol. The number of fused-ring (bicyclic) bond motifs is 1. The smallest absolute Gasteiger partial charge is 0.234 e. The summed E-state index contributed by atoms with van der Waals surface area (Å²) in [4.78, 5) is 24.5. The van der Waals surface area contributed by atoms with Gasteiger partial charge >= 0.3 is 0 Å². The van der Waals surface area contributed by atoms with Crippen molar-refractivity contribution in [1.29, 1.82) is 0 Å². The van der Waals surface area contributed by atoms with Gasteiger partial charge in [-0.05, 0) is 49.4 Å². The fourth-order valence-corrected chi connectivity index (χ4v) is 4.75. The number of hydrogen-bond acceptors (Lipinski definition) is 5. The third-order valence-electron chi connectivity index (χ3n) is 4.04. The number of amides is 2. The van der Waals surface area contributed by atoms with Crippen LogP contribution in [0.5, 0.6) is 0 Å². The van der Waals surface area contributed by atoms with Crippen molar-refractivity contribution in [3.63, 3.8) is 0 Å². The van der Waals surface area contributed by atoms with Crippen molar-refractivity contribution >= 4 is 44.8 Å². The molecular formula is C18H17FN2O4S2. The fraction of sp³-hybridized carbons (Fsp3) is 0.222. The Balaban J connectivity index is 1.72. The molecule has 0 aliphatic carbocycles. The van der Waals surface area contributed by atoms with Gasteiger partial charge in [0, 0.05) is 17.0 Å². The summed E-state index contributed by atoms with van der Waals surface area (Å²) in [6.07, 6.45) is -0.252. The first-order valence-corrected chi connectivity index (χ1v) is 10.6. The molecular weight excluding hydrogens is 391 g/mol. The average Bonchev–Trinajstić information content (AvgIpc) is 2.62. The largest absolute Gasteiger partial charge is 0.326 e. The van der Waals surface area contributed by atoms with Crippen LogP contribution in [0.15, 0.2) is 52.3 Å². The molecule has 142 valence electrons. The summed E-state index contributed by atoms with van der Waals surface area (Å²) in [5, 5.41) is 4.23. The van der Waals surface area contributed by atoms with Crippen LogP contribution in [0, 0.1) is 5.82 Å². The number of carbonyl (C=O) groups is 2. The molecule has 2 amide bonds. The Labute approximate surface area is 160 Å². The van der Waals surface area contributed by atoms with Gasteiger partial charge in [-0.15, -0.1) is 11.8 Å². The quantitative estimate of drug-likeness (QED) is 0.793. The van der Waals surface area contributed by atoms with E-state index in [1.807, 2.05) is 0 Å². The number of thioether (sulfide) groups is 1. The summed E-state index contributed by atoms with van der Waals surface area (Å²) in [6, 6.07) is 9.75. The number of nitrogens with one attached hydrogen (secondary N) is 2. The molecule has 6 nitrogen and oxygen atoms in total. The van der Waals surface area contributed by atoms with Crippen LogP contribution >= 0.6 is 11.8 Å². The highest BCUT2D eigenvalue weighted by molar-refractivity contribution is 8.00. The van der Waals surface area contributed by atoms with Gasteiger partial charge in [-0.3, -0.25) is 9.59 Å².